The third kappa shape index (κ3) is 4.56. The largest absolute Gasteiger partial charge is 0.483 e. The standard InChI is InChI=1S/C28H35N5O2/c1-20(2)31-11-13-32(14-12-31)24-6-3-21(4-7-24)22-5-8-26-27(15-22)35-19-28-29-23(17-33(26)28)16-30-10-9-25(34)18-30/h3-8,15,17,20,25,34H,9-14,16,18-19H2,1-2H3. The van der Waals surface area contributed by atoms with Gasteiger partial charge in [-0.3, -0.25) is 14.4 Å². The summed E-state index contributed by atoms with van der Waals surface area (Å²) in [5.41, 5.74) is 5.72. The smallest absolute Gasteiger partial charge is 0.151 e. The van der Waals surface area contributed by atoms with E-state index in [1.165, 1.54) is 11.3 Å². The van der Waals surface area contributed by atoms with Crippen molar-refractivity contribution in [2.24, 2.45) is 0 Å². The average Bonchev–Trinajstić information content (AvgIpc) is 3.49. The van der Waals surface area contributed by atoms with E-state index in [-0.39, 0.29) is 6.10 Å². The number of piperazine rings is 1. The fourth-order valence-corrected chi connectivity index (χ4v) is 5.56. The lowest BCUT2D eigenvalue weighted by Crippen LogP contribution is -2.48. The quantitative estimate of drug-likeness (QED) is 0.612. The Morgan fingerprint density at radius 3 is 2.49 bits per heavy atom. The van der Waals surface area contributed by atoms with E-state index >= 15 is 0 Å². The second-order valence-corrected chi connectivity index (χ2v) is 10.3. The molecular formula is C28H35N5O2. The Labute approximate surface area is 207 Å². The highest BCUT2D eigenvalue weighted by Gasteiger charge is 2.24. The molecule has 1 N–H and O–H groups in total. The highest BCUT2D eigenvalue weighted by Crippen LogP contribution is 2.35. The zero-order chi connectivity index (χ0) is 23.9. The Morgan fingerprint density at radius 2 is 1.77 bits per heavy atom. The van der Waals surface area contributed by atoms with E-state index in [2.05, 4.69) is 81.8 Å². The van der Waals surface area contributed by atoms with Crippen molar-refractivity contribution in [2.75, 3.05) is 44.2 Å². The Balaban J connectivity index is 1.17. The SMILES string of the molecule is CC(C)N1CCN(c2ccc(-c3ccc4c(c3)OCc3nc(CN5CCC(O)C5)cn3-4)cc2)CC1. The third-order valence-corrected chi connectivity index (χ3v) is 7.65. The predicted molar refractivity (Wildman–Crippen MR) is 138 cm³/mol. The van der Waals surface area contributed by atoms with E-state index in [4.69, 9.17) is 9.72 Å². The molecule has 0 bridgehead atoms. The molecule has 0 spiro atoms. The normalized spacial score (nSPS) is 20.7. The molecule has 7 heteroatoms. The number of aliphatic hydroxyl groups excluding tert-OH is 1. The molecule has 2 saturated heterocycles. The minimum Gasteiger partial charge on any atom is -0.483 e. The first-order valence-corrected chi connectivity index (χ1v) is 12.9. The van der Waals surface area contributed by atoms with Gasteiger partial charge < -0.3 is 14.7 Å². The number of rotatable bonds is 5. The van der Waals surface area contributed by atoms with E-state index in [0.29, 0.717) is 12.6 Å². The van der Waals surface area contributed by atoms with Gasteiger partial charge in [0.1, 0.15) is 12.4 Å². The zero-order valence-electron chi connectivity index (χ0n) is 20.7. The van der Waals surface area contributed by atoms with Crippen LogP contribution in [-0.2, 0) is 13.2 Å². The second-order valence-electron chi connectivity index (χ2n) is 10.3. The molecule has 2 aromatic carbocycles. The van der Waals surface area contributed by atoms with Gasteiger partial charge in [0, 0.05) is 63.7 Å². The summed E-state index contributed by atoms with van der Waals surface area (Å²) in [5.74, 6) is 1.83. The Hall–Kier alpha value is -2.87. The van der Waals surface area contributed by atoms with E-state index in [0.717, 1.165) is 80.8 Å². The van der Waals surface area contributed by atoms with Crippen molar-refractivity contribution < 1.29 is 9.84 Å². The lowest BCUT2D eigenvalue weighted by atomic mass is 10.0. The van der Waals surface area contributed by atoms with Gasteiger partial charge in [0.25, 0.3) is 0 Å². The molecule has 2 fully saturated rings. The van der Waals surface area contributed by atoms with Crippen LogP contribution in [-0.4, -0.2) is 75.9 Å². The molecule has 3 aliphatic heterocycles. The molecule has 4 heterocycles. The summed E-state index contributed by atoms with van der Waals surface area (Å²) in [4.78, 5) is 12.1. The van der Waals surface area contributed by atoms with Crippen LogP contribution in [0.2, 0.25) is 0 Å². The first-order valence-electron chi connectivity index (χ1n) is 12.9. The van der Waals surface area contributed by atoms with E-state index in [9.17, 15) is 5.11 Å². The molecule has 0 amide bonds. The molecule has 3 aromatic rings. The molecule has 35 heavy (non-hydrogen) atoms. The van der Waals surface area contributed by atoms with Crippen LogP contribution in [0.25, 0.3) is 16.8 Å². The van der Waals surface area contributed by atoms with Gasteiger partial charge in [-0.05, 0) is 55.7 Å². The van der Waals surface area contributed by atoms with Gasteiger partial charge in [-0.2, -0.15) is 0 Å². The molecule has 1 aromatic heterocycles. The Morgan fingerprint density at radius 1 is 1.00 bits per heavy atom. The number of benzene rings is 2. The number of likely N-dealkylation sites (tertiary alicyclic amines) is 1. The molecule has 184 valence electrons. The van der Waals surface area contributed by atoms with Crippen LogP contribution in [0.1, 0.15) is 31.8 Å². The van der Waals surface area contributed by atoms with Gasteiger partial charge in [0.2, 0.25) is 0 Å². The van der Waals surface area contributed by atoms with Gasteiger partial charge >= 0.3 is 0 Å². The van der Waals surface area contributed by atoms with Gasteiger partial charge in [0.05, 0.1) is 17.5 Å². The highest BCUT2D eigenvalue weighted by molar-refractivity contribution is 5.70. The molecule has 0 saturated carbocycles. The Bertz CT molecular complexity index is 1180. The summed E-state index contributed by atoms with van der Waals surface area (Å²) in [6.07, 6.45) is 2.76. The number of aliphatic hydroxyl groups is 1. The third-order valence-electron chi connectivity index (χ3n) is 7.65. The fourth-order valence-electron chi connectivity index (χ4n) is 5.56. The predicted octanol–water partition coefficient (Wildman–Crippen LogP) is 3.53. The van der Waals surface area contributed by atoms with Crippen LogP contribution in [0.5, 0.6) is 5.75 Å². The monoisotopic (exact) mass is 473 g/mol. The zero-order valence-corrected chi connectivity index (χ0v) is 20.7. The van der Waals surface area contributed by atoms with E-state index in [1.54, 1.807) is 0 Å². The molecule has 0 radical (unpaired) electrons. The average molecular weight is 474 g/mol. The van der Waals surface area contributed by atoms with Gasteiger partial charge in [0.15, 0.2) is 5.82 Å². The summed E-state index contributed by atoms with van der Waals surface area (Å²) < 4.78 is 8.27. The summed E-state index contributed by atoms with van der Waals surface area (Å²) in [6.45, 7) is 11.9. The van der Waals surface area contributed by atoms with Gasteiger partial charge in [-0.1, -0.05) is 18.2 Å². The molecular weight excluding hydrogens is 438 g/mol. The molecule has 7 nitrogen and oxygen atoms in total. The summed E-state index contributed by atoms with van der Waals surface area (Å²) in [5, 5.41) is 9.81. The summed E-state index contributed by atoms with van der Waals surface area (Å²) >= 11 is 0. The maximum atomic E-state index is 9.81. The van der Waals surface area contributed by atoms with Crippen molar-refractivity contribution in [3.8, 4) is 22.6 Å². The molecule has 0 aliphatic carbocycles. The van der Waals surface area contributed by atoms with Crippen LogP contribution in [0.4, 0.5) is 5.69 Å². The number of aromatic nitrogens is 2. The first kappa shape index (κ1) is 22.6. The molecule has 3 aliphatic rings. The van der Waals surface area contributed by atoms with Crippen molar-refractivity contribution >= 4 is 5.69 Å². The number of fused-ring (bicyclic) bond motifs is 3. The second kappa shape index (κ2) is 9.30. The number of anilines is 1. The molecule has 6 rings (SSSR count). The van der Waals surface area contributed by atoms with Crippen LogP contribution < -0.4 is 9.64 Å². The molecule has 1 atom stereocenters. The lowest BCUT2D eigenvalue weighted by molar-refractivity contribution is 0.174. The van der Waals surface area contributed by atoms with Crippen LogP contribution in [0.3, 0.4) is 0 Å². The van der Waals surface area contributed by atoms with Crippen LogP contribution in [0, 0.1) is 0 Å². The number of imidazole rings is 1. The van der Waals surface area contributed by atoms with Crippen molar-refractivity contribution in [3.05, 3.63) is 60.2 Å². The maximum absolute atomic E-state index is 9.81. The minimum atomic E-state index is -0.209. The van der Waals surface area contributed by atoms with Crippen LogP contribution >= 0.6 is 0 Å². The van der Waals surface area contributed by atoms with E-state index in [1.807, 2.05) is 0 Å². The van der Waals surface area contributed by atoms with E-state index < -0.39 is 0 Å². The van der Waals surface area contributed by atoms with Crippen molar-refractivity contribution in [2.45, 2.75) is 45.6 Å². The lowest BCUT2D eigenvalue weighted by Gasteiger charge is -2.38. The number of hydrogen-bond donors (Lipinski definition) is 1. The summed E-state index contributed by atoms with van der Waals surface area (Å²) in [6, 6.07) is 16.0. The Kier molecular flexibility index (Phi) is 6.00. The van der Waals surface area contributed by atoms with Crippen molar-refractivity contribution in [1.82, 2.24) is 19.4 Å². The summed E-state index contributed by atoms with van der Waals surface area (Å²) in [7, 11) is 0. The van der Waals surface area contributed by atoms with Crippen molar-refractivity contribution in [1.29, 1.82) is 0 Å². The number of hydrogen-bond acceptors (Lipinski definition) is 6. The van der Waals surface area contributed by atoms with Gasteiger partial charge in [-0.15, -0.1) is 0 Å². The minimum absolute atomic E-state index is 0.209. The van der Waals surface area contributed by atoms with Gasteiger partial charge in [-0.25, -0.2) is 4.98 Å². The highest BCUT2D eigenvalue weighted by atomic mass is 16.5. The molecule has 1 unspecified atom stereocenters. The van der Waals surface area contributed by atoms with Crippen molar-refractivity contribution in [3.63, 3.8) is 0 Å². The number of nitrogens with zero attached hydrogens (tertiary/aromatic N) is 5. The fraction of sp³-hybridized carbons (Fsp3) is 0.464. The number of β-amino-alcohol motifs (C(OH)–C–C–N with tert-alkyl or cyclic N) is 1. The van der Waals surface area contributed by atoms with Crippen LogP contribution in [0.15, 0.2) is 48.7 Å². The first-order chi connectivity index (χ1) is 17.0. The topological polar surface area (TPSA) is 57.0 Å². The number of ether oxygens (including phenoxy) is 1. The maximum Gasteiger partial charge on any atom is 0.151 e.